The fourth-order valence-corrected chi connectivity index (χ4v) is 4.28. The van der Waals surface area contributed by atoms with Crippen molar-refractivity contribution in [1.29, 1.82) is 0 Å². The van der Waals surface area contributed by atoms with E-state index in [1.54, 1.807) is 6.08 Å². The second-order valence-electron chi connectivity index (χ2n) is 6.27. The van der Waals surface area contributed by atoms with Gasteiger partial charge in [0, 0.05) is 6.04 Å². The third-order valence-corrected chi connectivity index (χ3v) is 6.07. The summed E-state index contributed by atoms with van der Waals surface area (Å²) in [5.74, 6) is 0.586. The van der Waals surface area contributed by atoms with E-state index in [1.165, 1.54) is 4.90 Å². The number of benzene rings is 2. The standard InChI is InChI=1S/C21H20INO3S/c1-3-14(2)23-20(24)19(27-21(23)25)12-16-9-10-18(17(22)11-16)26-13-15-7-5-4-6-8-15/h4-12,14H,3,13H2,1-2H3/b19-12+/t14-/m0/s1. The third-order valence-electron chi connectivity index (χ3n) is 4.35. The highest BCUT2D eigenvalue weighted by Gasteiger charge is 2.37. The number of carbonyl (C=O) groups is 2. The Balaban J connectivity index is 1.73. The average molecular weight is 493 g/mol. The Morgan fingerprint density at radius 1 is 1.19 bits per heavy atom. The maximum absolute atomic E-state index is 12.5. The van der Waals surface area contributed by atoms with Crippen molar-refractivity contribution in [3.63, 3.8) is 0 Å². The number of hydrogen-bond donors (Lipinski definition) is 0. The Bertz CT molecular complexity index is 882. The third kappa shape index (κ3) is 4.73. The van der Waals surface area contributed by atoms with Crippen LogP contribution in [0.25, 0.3) is 6.08 Å². The predicted octanol–water partition coefficient (Wildman–Crippen LogP) is 5.71. The molecule has 1 atom stereocenters. The Labute approximate surface area is 177 Å². The molecule has 1 fully saturated rings. The molecule has 1 saturated heterocycles. The molecule has 0 saturated carbocycles. The molecule has 1 aliphatic heterocycles. The van der Waals surface area contributed by atoms with Crippen LogP contribution < -0.4 is 4.74 Å². The van der Waals surface area contributed by atoms with E-state index in [1.807, 2.05) is 62.4 Å². The van der Waals surface area contributed by atoms with Crippen molar-refractivity contribution in [1.82, 2.24) is 4.90 Å². The van der Waals surface area contributed by atoms with E-state index in [0.717, 1.165) is 38.6 Å². The van der Waals surface area contributed by atoms with Crippen LogP contribution in [0, 0.1) is 3.57 Å². The fraction of sp³-hybridized carbons (Fsp3) is 0.238. The Morgan fingerprint density at radius 2 is 1.93 bits per heavy atom. The lowest BCUT2D eigenvalue weighted by molar-refractivity contribution is -0.124. The van der Waals surface area contributed by atoms with E-state index >= 15 is 0 Å². The van der Waals surface area contributed by atoms with Gasteiger partial charge >= 0.3 is 0 Å². The number of imide groups is 1. The molecule has 0 bridgehead atoms. The molecule has 6 heteroatoms. The van der Waals surface area contributed by atoms with Crippen LogP contribution in [0.15, 0.2) is 53.4 Å². The van der Waals surface area contributed by atoms with Crippen LogP contribution >= 0.6 is 34.4 Å². The van der Waals surface area contributed by atoms with Crippen LogP contribution in [0.1, 0.15) is 31.4 Å². The van der Waals surface area contributed by atoms with Gasteiger partial charge in [0.25, 0.3) is 11.1 Å². The molecule has 27 heavy (non-hydrogen) atoms. The smallest absolute Gasteiger partial charge is 0.293 e. The highest BCUT2D eigenvalue weighted by molar-refractivity contribution is 14.1. The first-order valence-corrected chi connectivity index (χ1v) is 10.6. The molecule has 0 aromatic heterocycles. The van der Waals surface area contributed by atoms with Crippen LogP contribution in [-0.4, -0.2) is 22.1 Å². The fourth-order valence-electron chi connectivity index (χ4n) is 2.65. The van der Waals surface area contributed by atoms with E-state index in [-0.39, 0.29) is 17.2 Å². The molecular weight excluding hydrogens is 473 g/mol. The highest BCUT2D eigenvalue weighted by Crippen LogP contribution is 2.34. The summed E-state index contributed by atoms with van der Waals surface area (Å²) in [5, 5.41) is -0.196. The van der Waals surface area contributed by atoms with Crippen molar-refractivity contribution in [3.05, 3.63) is 68.1 Å². The first-order chi connectivity index (χ1) is 13.0. The monoisotopic (exact) mass is 493 g/mol. The molecule has 0 spiro atoms. The lowest BCUT2D eigenvalue weighted by atomic mass is 10.2. The van der Waals surface area contributed by atoms with Crippen molar-refractivity contribution in [2.24, 2.45) is 0 Å². The highest BCUT2D eigenvalue weighted by atomic mass is 127. The molecule has 0 N–H and O–H groups in total. The molecule has 1 heterocycles. The number of thioether (sulfide) groups is 1. The van der Waals surface area contributed by atoms with Crippen LogP contribution in [0.4, 0.5) is 4.79 Å². The minimum Gasteiger partial charge on any atom is -0.488 e. The molecule has 0 radical (unpaired) electrons. The van der Waals surface area contributed by atoms with Gasteiger partial charge in [-0.25, -0.2) is 0 Å². The molecule has 1 aliphatic rings. The topological polar surface area (TPSA) is 46.6 Å². The van der Waals surface area contributed by atoms with Gasteiger partial charge in [0.1, 0.15) is 12.4 Å². The SMILES string of the molecule is CC[C@H](C)N1C(=O)S/C(=C/c2ccc(OCc3ccccc3)c(I)c2)C1=O. The van der Waals surface area contributed by atoms with Crippen molar-refractivity contribution in [2.75, 3.05) is 0 Å². The van der Waals surface area contributed by atoms with Gasteiger partial charge in [-0.2, -0.15) is 0 Å². The van der Waals surface area contributed by atoms with Crippen LogP contribution in [0.2, 0.25) is 0 Å². The van der Waals surface area contributed by atoms with E-state index in [4.69, 9.17) is 4.74 Å². The summed E-state index contributed by atoms with van der Waals surface area (Å²) in [4.78, 5) is 26.5. The molecule has 0 unspecified atom stereocenters. The largest absolute Gasteiger partial charge is 0.488 e. The summed E-state index contributed by atoms with van der Waals surface area (Å²) in [5.41, 5.74) is 1.98. The normalized spacial score (nSPS) is 16.9. The molecular formula is C21H20INO3S. The van der Waals surface area contributed by atoms with Gasteiger partial charge < -0.3 is 4.74 Å². The maximum Gasteiger partial charge on any atom is 0.293 e. The van der Waals surface area contributed by atoms with Crippen molar-refractivity contribution in [2.45, 2.75) is 32.9 Å². The van der Waals surface area contributed by atoms with Crippen LogP contribution in [0.5, 0.6) is 5.75 Å². The van der Waals surface area contributed by atoms with Gasteiger partial charge in [-0.1, -0.05) is 43.3 Å². The van der Waals surface area contributed by atoms with Crippen LogP contribution in [0.3, 0.4) is 0 Å². The molecule has 3 rings (SSSR count). The second kappa shape index (κ2) is 8.93. The molecule has 2 amide bonds. The zero-order valence-corrected chi connectivity index (χ0v) is 18.1. The molecule has 2 aromatic carbocycles. The lowest BCUT2D eigenvalue weighted by Crippen LogP contribution is -2.36. The van der Waals surface area contributed by atoms with Gasteiger partial charge in [-0.3, -0.25) is 14.5 Å². The van der Waals surface area contributed by atoms with Gasteiger partial charge in [-0.15, -0.1) is 0 Å². The van der Waals surface area contributed by atoms with Gasteiger partial charge in [0.2, 0.25) is 0 Å². The summed E-state index contributed by atoms with van der Waals surface area (Å²) in [6.45, 7) is 4.36. The molecule has 4 nitrogen and oxygen atoms in total. The number of carbonyl (C=O) groups excluding carboxylic acids is 2. The van der Waals surface area contributed by atoms with E-state index < -0.39 is 0 Å². The van der Waals surface area contributed by atoms with E-state index in [0.29, 0.717) is 11.5 Å². The summed E-state index contributed by atoms with van der Waals surface area (Å²) < 4.78 is 6.84. The minimum absolute atomic E-state index is 0.0858. The zero-order valence-electron chi connectivity index (χ0n) is 15.1. The first kappa shape index (κ1) is 19.9. The minimum atomic E-state index is -0.209. The number of ether oxygens (including phenoxy) is 1. The van der Waals surface area contributed by atoms with Crippen molar-refractivity contribution >= 4 is 51.6 Å². The quantitative estimate of drug-likeness (QED) is 0.383. The summed E-state index contributed by atoms with van der Waals surface area (Å²) in [7, 11) is 0. The molecule has 140 valence electrons. The number of amides is 2. The Hall–Kier alpha value is -1.80. The molecule has 2 aromatic rings. The first-order valence-electron chi connectivity index (χ1n) is 8.73. The van der Waals surface area contributed by atoms with E-state index in [9.17, 15) is 9.59 Å². The maximum atomic E-state index is 12.5. The number of rotatable bonds is 6. The summed E-state index contributed by atoms with van der Waals surface area (Å²) in [6, 6.07) is 15.7. The number of halogens is 1. The summed E-state index contributed by atoms with van der Waals surface area (Å²) >= 11 is 3.22. The average Bonchev–Trinajstić information content (AvgIpc) is 2.94. The Morgan fingerprint density at radius 3 is 2.59 bits per heavy atom. The van der Waals surface area contributed by atoms with Crippen LogP contribution in [-0.2, 0) is 11.4 Å². The lowest BCUT2D eigenvalue weighted by Gasteiger charge is -2.19. The van der Waals surface area contributed by atoms with E-state index in [2.05, 4.69) is 22.6 Å². The van der Waals surface area contributed by atoms with Gasteiger partial charge in [-0.05, 0) is 77.0 Å². The van der Waals surface area contributed by atoms with Crippen molar-refractivity contribution in [3.8, 4) is 5.75 Å². The molecule has 0 aliphatic carbocycles. The zero-order chi connectivity index (χ0) is 19.4. The number of hydrogen-bond acceptors (Lipinski definition) is 4. The van der Waals surface area contributed by atoms with Gasteiger partial charge in [0.05, 0.1) is 8.48 Å². The summed E-state index contributed by atoms with van der Waals surface area (Å²) in [6.07, 6.45) is 2.52. The Kier molecular flexibility index (Phi) is 6.59. The van der Waals surface area contributed by atoms with Crippen molar-refractivity contribution < 1.29 is 14.3 Å². The second-order valence-corrected chi connectivity index (χ2v) is 8.43. The van der Waals surface area contributed by atoms with Gasteiger partial charge in [0.15, 0.2) is 0 Å². The predicted molar refractivity (Wildman–Crippen MR) is 117 cm³/mol. The number of nitrogens with zero attached hydrogens (tertiary/aromatic N) is 1.